The summed E-state index contributed by atoms with van der Waals surface area (Å²) < 4.78 is 3.25. The molecule has 80 valence electrons. The van der Waals surface area contributed by atoms with Crippen molar-refractivity contribution in [2.75, 3.05) is 0 Å². The first-order valence-corrected chi connectivity index (χ1v) is 6.65. The SMILES string of the molecule is Cc1cccc2c(=O)n(C(C)(C)C)[se]c12. The van der Waals surface area contributed by atoms with E-state index in [1.54, 1.807) is 0 Å². The molecule has 2 rings (SSSR count). The summed E-state index contributed by atoms with van der Waals surface area (Å²) in [5, 5.41) is 0.907. The molecule has 1 heterocycles. The van der Waals surface area contributed by atoms with Crippen molar-refractivity contribution in [3.8, 4) is 0 Å². The van der Waals surface area contributed by atoms with E-state index >= 15 is 0 Å². The molecule has 0 aliphatic carbocycles. The van der Waals surface area contributed by atoms with Gasteiger partial charge >= 0.3 is 95.3 Å². The molecule has 0 saturated heterocycles. The minimum atomic E-state index is -0.0669. The predicted molar refractivity (Wildman–Crippen MR) is 64.9 cm³/mol. The van der Waals surface area contributed by atoms with Crippen LogP contribution in [0.4, 0.5) is 0 Å². The summed E-state index contributed by atoms with van der Waals surface area (Å²) in [6.07, 6.45) is 0. The second-order valence-electron chi connectivity index (χ2n) is 4.81. The fraction of sp³-hybridized carbons (Fsp3) is 0.417. The Kier molecular flexibility index (Phi) is 2.40. The van der Waals surface area contributed by atoms with E-state index in [1.807, 2.05) is 15.7 Å². The standard InChI is InChI=1S/C12H15NOSe/c1-8-6-5-7-9-10(8)15-13(11(9)14)12(2,3)4/h5-7H,1-4H3. The Hall–Kier alpha value is -0.791. The molecule has 0 radical (unpaired) electrons. The molecule has 0 fully saturated rings. The summed E-state index contributed by atoms with van der Waals surface area (Å²) in [5.41, 5.74) is 1.37. The number of hydrogen-bond donors (Lipinski definition) is 0. The van der Waals surface area contributed by atoms with Crippen LogP contribution in [-0.2, 0) is 5.54 Å². The Morgan fingerprint density at radius 3 is 2.47 bits per heavy atom. The van der Waals surface area contributed by atoms with Gasteiger partial charge in [0.25, 0.3) is 0 Å². The van der Waals surface area contributed by atoms with Gasteiger partial charge in [0.15, 0.2) is 0 Å². The van der Waals surface area contributed by atoms with Crippen LogP contribution in [0.5, 0.6) is 0 Å². The van der Waals surface area contributed by atoms with Crippen LogP contribution >= 0.6 is 0 Å². The van der Waals surface area contributed by atoms with Crippen LogP contribution < -0.4 is 5.56 Å². The van der Waals surface area contributed by atoms with Crippen LogP contribution in [-0.4, -0.2) is 18.3 Å². The van der Waals surface area contributed by atoms with E-state index in [9.17, 15) is 4.79 Å². The average Bonchev–Trinajstić information content (AvgIpc) is 2.45. The minimum absolute atomic E-state index is 0.0669. The van der Waals surface area contributed by atoms with E-state index in [2.05, 4.69) is 33.8 Å². The van der Waals surface area contributed by atoms with E-state index < -0.39 is 0 Å². The number of rotatable bonds is 0. The van der Waals surface area contributed by atoms with Crippen molar-refractivity contribution in [2.24, 2.45) is 0 Å². The van der Waals surface area contributed by atoms with Crippen LogP contribution in [0.1, 0.15) is 26.3 Å². The zero-order valence-electron chi connectivity index (χ0n) is 9.50. The van der Waals surface area contributed by atoms with Gasteiger partial charge in [-0.2, -0.15) is 0 Å². The fourth-order valence-corrected chi connectivity index (χ4v) is 3.94. The maximum absolute atomic E-state index is 12.1. The van der Waals surface area contributed by atoms with Gasteiger partial charge in [0, 0.05) is 0 Å². The number of hydrogen-bond acceptors (Lipinski definition) is 1. The maximum atomic E-state index is 12.1. The Bertz CT molecular complexity index is 557. The molecular weight excluding hydrogens is 253 g/mol. The Morgan fingerprint density at radius 1 is 1.27 bits per heavy atom. The van der Waals surface area contributed by atoms with Crippen LogP contribution in [0.3, 0.4) is 0 Å². The van der Waals surface area contributed by atoms with Gasteiger partial charge < -0.3 is 0 Å². The first-order chi connectivity index (χ1) is 6.91. The van der Waals surface area contributed by atoms with Crippen LogP contribution in [0.15, 0.2) is 23.0 Å². The van der Waals surface area contributed by atoms with Gasteiger partial charge in [-0.1, -0.05) is 0 Å². The van der Waals surface area contributed by atoms with Gasteiger partial charge in [0.05, 0.1) is 0 Å². The van der Waals surface area contributed by atoms with Gasteiger partial charge in [0.1, 0.15) is 0 Å². The topological polar surface area (TPSA) is 22.0 Å². The molecule has 1 aromatic heterocycles. The molecule has 3 heteroatoms. The molecule has 0 saturated carbocycles. The number of aromatic nitrogens is 1. The third kappa shape index (κ3) is 1.70. The summed E-state index contributed by atoms with van der Waals surface area (Å²) >= 11 is 0.149. The number of nitrogens with zero attached hydrogens (tertiary/aromatic N) is 1. The normalized spacial score (nSPS) is 12.3. The van der Waals surface area contributed by atoms with Crippen molar-refractivity contribution in [1.29, 1.82) is 0 Å². The first-order valence-electron chi connectivity index (χ1n) is 5.03. The van der Waals surface area contributed by atoms with Crippen LogP contribution in [0.2, 0.25) is 0 Å². The summed E-state index contributed by atoms with van der Waals surface area (Å²) in [7, 11) is 0. The van der Waals surface area contributed by atoms with Gasteiger partial charge in [0.2, 0.25) is 0 Å². The molecular formula is C12H15NOSe. The quantitative estimate of drug-likeness (QED) is 0.671. The van der Waals surface area contributed by atoms with Crippen LogP contribution in [0, 0.1) is 6.92 Å². The third-order valence-electron chi connectivity index (χ3n) is 2.42. The molecule has 0 aliphatic rings. The Morgan fingerprint density at radius 2 is 1.93 bits per heavy atom. The van der Waals surface area contributed by atoms with E-state index in [-0.39, 0.29) is 25.8 Å². The molecule has 0 spiro atoms. The van der Waals surface area contributed by atoms with Crippen molar-refractivity contribution in [2.45, 2.75) is 33.2 Å². The number of fused-ring (bicyclic) bond motifs is 1. The molecule has 0 atom stereocenters. The zero-order valence-corrected chi connectivity index (χ0v) is 11.2. The van der Waals surface area contributed by atoms with Crippen molar-refractivity contribution in [3.05, 3.63) is 34.1 Å². The third-order valence-corrected chi connectivity index (χ3v) is 5.82. The summed E-state index contributed by atoms with van der Waals surface area (Å²) in [5.74, 6) is 0. The Balaban J connectivity index is 2.87. The second kappa shape index (κ2) is 3.36. The van der Waals surface area contributed by atoms with Crippen molar-refractivity contribution < 1.29 is 0 Å². The summed E-state index contributed by atoms with van der Waals surface area (Å²) in [4.78, 5) is 12.1. The van der Waals surface area contributed by atoms with E-state index in [4.69, 9.17) is 0 Å². The average molecular weight is 268 g/mol. The Labute approximate surface area is 95.5 Å². The molecule has 0 N–H and O–H groups in total. The van der Waals surface area contributed by atoms with Gasteiger partial charge in [-0.05, 0) is 0 Å². The zero-order chi connectivity index (χ0) is 11.2. The number of aryl methyl sites for hydroxylation is 1. The molecule has 0 amide bonds. The molecule has 0 aliphatic heterocycles. The van der Waals surface area contributed by atoms with E-state index in [0.29, 0.717) is 0 Å². The second-order valence-corrected chi connectivity index (χ2v) is 6.82. The van der Waals surface area contributed by atoms with Crippen molar-refractivity contribution in [3.63, 3.8) is 0 Å². The molecule has 15 heavy (non-hydrogen) atoms. The van der Waals surface area contributed by atoms with Crippen LogP contribution in [0.25, 0.3) is 9.65 Å². The van der Waals surface area contributed by atoms with Gasteiger partial charge in [-0.25, -0.2) is 0 Å². The van der Waals surface area contributed by atoms with E-state index in [0.717, 1.165) is 5.39 Å². The fourth-order valence-electron chi connectivity index (χ4n) is 1.63. The summed E-state index contributed by atoms with van der Waals surface area (Å²) in [6, 6.07) is 5.99. The predicted octanol–water partition coefficient (Wildman–Crippen LogP) is 2.12. The monoisotopic (exact) mass is 269 g/mol. The van der Waals surface area contributed by atoms with Crippen molar-refractivity contribution in [1.82, 2.24) is 3.56 Å². The van der Waals surface area contributed by atoms with E-state index in [1.165, 1.54) is 9.82 Å². The molecule has 2 nitrogen and oxygen atoms in total. The molecule has 2 aromatic rings. The molecule has 0 bridgehead atoms. The number of benzene rings is 1. The van der Waals surface area contributed by atoms with Crippen molar-refractivity contribution >= 4 is 24.4 Å². The first kappa shape index (κ1) is 10.7. The molecule has 1 aromatic carbocycles. The molecule has 0 unspecified atom stereocenters. The van der Waals surface area contributed by atoms with Gasteiger partial charge in [-0.3, -0.25) is 0 Å². The summed E-state index contributed by atoms with van der Waals surface area (Å²) in [6.45, 7) is 8.36. The van der Waals surface area contributed by atoms with Gasteiger partial charge in [-0.15, -0.1) is 0 Å².